The predicted molar refractivity (Wildman–Crippen MR) is 103 cm³/mol. The Morgan fingerprint density at radius 3 is 2.00 bits per heavy atom. The fourth-order valence-electron chi connectivity index (χ4n) is 3.55. The summed E-state index contributed by atoms with van der Waals surface area (Å²) in [5.74, 6) is -0.761. The Bertz CT molecular complexity index is 814. The number of piperidine rings is 1. The highest BCUT2D eigenvalue weighted by Gasteiger charge is 2.38. The lowest BCUT2D eigenvalue weighted by atomic mass is 9.87. The van der Waals surface area contributed by atoms with Crippen LogP contribution in [0.2, 0.25) is 0 Å². The molecule has 1 fully saturated rings. The second-order valence-electron chi connectivity index (χ2n) is 7.30. The molecule has 2 atom stereocenters. The van der Waals surface area contributed by atoms with Gasteiger partial charge in [-0.2, -0.15) is 26.3 Å². The quantitative estimate of drug-likeness (QED) is 0.500. The summed E-state index contributed by atoms with van der Waals surface area (Å²) in [7, 11) is 0. The maximum absolute atomic E-state index is 13.3. The van der Waals surface area contributed by atoms with Gasteiger partial charge in [0.15, 0.2) is 0 Å². The Morgan fingerprint density at radius 1 is 0.935 bits per heavy atom. The van der Waals surface area contributed by atoms with Crippen LogP contribution in [0.1, 0.15) is 41.2 Å². The molecule has 1 aliphatic rings. The lowest BCUT2D eigenvalue weighted by Crippen LogP contribution is -2.34. The number of nitrogens with one attached hydrogen (secondary N) is 1. The molecule has 0 aromatic heterocycles. The third kappa shape index (κ3) is 6.82. The van der Waals surface area contributed by atoms with Crippen molar-refractivity contribution in [1.29, 1.82) is 0 Å². The first kappa shape index (κ1) is 25.4. The molecule has 0 radical (unpaired) electrons. The second-order valence-corrected chi connectivity index (χ2v) is 7.30. The maximum atomic E-state index is 13.3. The Hall–Kier alpha value is -1.84. The van der Waals surface area contributed by atoms with Gasteiger partial charge in [0.25, 0.3) is 0 Å². The minimum atomic E-state index is -4.93. The van der Waals surface area contributed by atoms with Gasteiger partial charge in [-0.3, -0.25) is 0 Å². The third-order valence-corrected chi connectivity index (χ3v) is 5.04. The average molecular weight is 472 g/mol. The van der Waals surface area contributed by atoms with Crippen molar-refractivity contribution in [3.8, 4) is 0 Å². The molecule has 1 saturated heterocycles. The molecule has 2 unspecified atom stereocenters. The first-order valence-electron chi connectivity index (χ1n) is 9.40. The van der Waals surface area contributed by atoms with Crippen LogP contribution in [-0.4, -0.2) is 13.1 Å². The van der Waals surface area contributed by atoms with Crippen molar-refractivity contribution in [2.75, 3.05) is 13.1 Å². The van der Waals surface area contributed by atoms with Crippen molar-refractivity contribution in [2.24, 2.45) is 5.92 Å². The zero-order valence-electron chi connectivity index (χ0n) is 16.2. The standard InChI is InChI=1S/C21H20F7NO.ClH/c22-18-5-3-13(4-6-18)12-30-19(14-2-1-7-29-11-14)15-8-16(20(23,24)25)10-17(9-15)21(26,27)28;/h3-6,8-10,14,19,29H,1-2,7,11-12H2;1H. The van der Waals surface area contributed by atoms with Gasteiger partial charge in [0.2, 0.25) is 0 Å². The van der Waals surface area contributed by atoms with Crippen LogP contribution in [0.4, 0.5) is 30.7 Å². The zero-order chi connectivity index (χ0) is 21.9. The van der Waals surface area contributed by atoms with E-state index < -0.39 is 35.4 Å². The molecular formula is C21H21ClF7NO. The Labute approximate surface area is 181 Å². The molecule has 0 amide bonds. The van der Waals surface area contributed by atoms with Crippen LogP contribution >= 0.6 is 12.4 Å². The number of ether oxygens (including phenoxy) is 1. The van der Waals surface area contributed by atoms with Crippen molar-refractivity contribution in [3.05, 3.63) is 70.5 Å². The molecule has 0 spiro atoms. The molecular weight excluding hydrogens is 451 g/mol. The predicted octanol–water partition coefficient (Wildman–Crippen LogP) is 6.54. The molecule has 1 aliphatic heterocycles. The molecule has 172 valence electrons. The van der Waals surface area contributed by atoms with Gasteiger partial charge in [-0.1, -0.05) is 12.1 Å². The van der Waals surface area contributed by atoms with E-state index in [1.54, 1.807) is 0 Å². The summed E-state index contributed by atoms with van der Waals surface area (Å²) in [5.41, 5.74) is -2.35. The molecule has 0 bridgehead atoms. The van der Waals surface area contributed by atoms with Gasteiger partial charge in [-0.05, 0) is 60.8 Å². The van der Waals surface area contributed by atoms with Gasteiger partial charge in [-0.15, -0.1) is 12.4 Å². The minimum absolute atomic E-state index is 0. The SMILES string of the molecule is Cl.Fc1ccc(COC(c2cc(C(F)(F)F)cc(C(F)(F)F)c2)C2CCCNC2)cc1. The van der Waals surface area contributed by atoms with E-state index in [-0.39, 0.29) is 36.6 Å². The molecule has 0 aliphatic carbocycles. The summed E-state index contributed by atoms with van der Waals surface area (Å²) in [5, 5.41) is 3.11. The largest absolute Gasteiger partial charge is 0.416 e. The molecule has 0 saturated carbocycles. The first-order valence-corrected chi connectivity index (χ1v) is 9.40. The molecule has 1 N–H and O–H groups in total. The molecule has 10 heteroatoms. The molecule has 2 aromatic carbocycles. The van der Waals surface area contributed by atoms with E-state index >= 15 is 0 Å². The Kier molecular flexibility index (Phi) is 8.35. The molecule has 31 heavy (non-hydrogen) atoms. The van der Waals surface area contributed by atoms with E-state index in [9.17, 15) is 30.7 Å². The Balaban J connectivity index is 0.00000341. The van der Waals surface area contributed by atoms with Gasteiger partial charge >= 0.3 is 12.4 Å². The Morgan fingerprint density at radius 2 is 1.52 bits per heavy atom. The second kappa shape index (κ2) is 10.2. The average Bonchev–Trinajstić information content (AvgIpc) is 2.69. The number of benzene rings is 2. The van der Waals surface area contributed by atoms with E-state index in [2.05, 4.69) is 5.32 Å². The number of alkyl halides is 6. The van der Waals surface area contributed by atoms with Crippen molar-refractivity contribution in [1.82, 2.24) is 5.32 Å². The van der Waals surface area contributed by atoms with Crippen molar-refractivity contribution in [3.63, 3.8) is 0 Å². The normalized spacial score (nSPS) is 18.4. The zero-order valence-corrected chi connectivity index (χ0v) is 17.0. The highest BCUT2D eigenvalue weighted by molar-refractivity contribution is 5.85. The first-order chi connectivity index (χ1) is 14.0. The number of hydrogen-bond acceptors (Lipinski definition) is 2. The van der Waals surface area contributed by atoms with E-state index in [4.69, 9.17) is 4.74 Å². The van der Waals surface area contributed by atoms with Crippen LogP contribution in [0.5, 0.6) is 0 Å². The third-order valence-electron chi connectivity index (χ3n) is 5.04. The van der Waals surface area contributed by atoms with Crippen LogP contribution in [0.3, 0.4) is 0 Å². The van der Waals surface area contributed by atoms with Crippen LogP contribution in [0.25, 0.3) is 0 Å². The number of rotatable bonds is 5. The van der Waals surface area contributed by atoms with Crippen LogP contribution in [0.15, 0.2) is 42.5 Å². The highest BCUT2D eigenvalue weighted by atomic mass is 35.5. The van der Waals surface area contributed by atoms with Gasteiger partial charge in [0, 0.05) is 12.5 Å². The van der Waals surface area contributed by atoms with Crippen molar-refractivity contribution in [2.45, 2.75) is 37.9 Å². The van der Waals surface area contributed by atoms with Gasteiger partial charge in [-0.25, -0.2) is 4.39 Å². The highest BCUT2D eigenvalue weighted by Crippen LogP contribution is 2.40. The topological polar surface area (TPSA) is 21.3 Å². The summed E-state index contributed by atoms with van der Waals surface area (Å²) in [4.78, 5) is 0. The summed E-state index contributed by atoms with van der Waals surface area (Å²) >= 11 is 0. The summed E-state index contributed by atoms with van der Waals surface area (Å²) in [6.45, 7) is 1.06. The molecule has 2 nitrogen and oxygen atoms in total. The molecule has 3 rings (SSSR count). The van der Waals surface area contributed by atoms with E-state index in [0.29, 0.717) is 18.5 Å². The minimum Gasteiger partial charge on any atom is -0.369 e. The van der Waals surface area contributed by atoms with Crippen LogP contribution < -0.4 is 5.32 Å². The maximum Gasteiger partial charge on any atom is 0.416 e. The summed E-state index contributed by atoms with van der Waals surface area (Å²) in [6, 6.07) is 6.89. The van der Waals surface area contributed by atoms with Crippen molar-refractivity contribution < 1.29 is 35.5 Å². The lowest BCUT2D eigenvalue weighted by molar-refractivity contribution is -0.143. The van der Waals surface area contributed by atoms with Gasteiger partial charge < -0.3 is 10.1 Å². The molecule has 2 aromatic rings. The summed E-state index contributed by atoms with van der Waals surface area (Å²) in [6.07, 6.45) is -9.51. The number of hydrogen-bond donors (Lipinski definition) is 1. The van der Waals surface area contributed by atoms with E-state index in [1.807, 2.05) is 0 Å². The van der Waals surface area contributed by atoms with Gasteiger partial charge in [0.1, 0.15) is 5.82 Å². The lowest BCUT2D eigenvalue weighted by Gasteiger charge is -2.32. The fraction of sp³-hybridized carbons (Fsp3) is 0.429. The smallest absolute Gasteiger partial charge is 0.369 e. The molecule has 1 heterocycles. The van der Waals surface area contributed by atoms with E-state index in [1.165, 1.54) is 24.3 Å². The van der Waals surface area contributed by atoms with E-state index in [0.717, 1.165) is 25.1 Å². The number of halogens is 8. The van der Waals surface area contributed by atoms with Crippen LogP contribution in [0, 0.1) is 11.7 Å². The van der Waals surface area contributed by atoms with Crippen molar-refractivity contribution >= 4 is 12.4 Å². The summed E-state index contributed by atoms with van der Waals surface area (Å²) < 4.78 is 98.6. The monoisotopic (exact) mass is 471 g/mol. The van der Waals surface area contributed by atoms with Gasteiger partial charge in [0.05, 0.1) is 23.8 Å². The van der Waals surface area contributed by atoms with Crippen LogP contribution in [-0.2, 0) is 23.7 Å². The fourth-order valence-corrected chi connectivity index (χ4v) is 3.55.